The van der Waals surface area contributed by atoms with E-state index < -0.39 is 12.1 Å². The van der Waals surface area contributed by atoms with Crippen LogP contribution in [0.4, 0.5) is 0 Å². The number of hydroxylamine groups is 2. The molecule has 2 N–H and O–H groups in total. The summed E-state index contributed by atoms with van der Waals surface area (Å²) in [7, 11) is 1.27. The van der Waals surface area contributed by atoms with Crippen LogP contribution in [0.15, 0.2) is 18.2 Å². The average molecular weight is 281 g/mol. The third-order valence-corrected chi connectivity index (χ3v) is 3.19. The van der Waals surface area contributed by atoms with Gasteiger partial charge in [0.1, 0.15) is 0 Å². The topological polar surface area (TPSA) is 70.0 Å². The number of benzene rings is 1. The summed E-state index contributed by atoms with van der Waals surface area (Å²) >= 11 is 0. The highest BCUT2D eigenvalue weighted by atomic mass is 16.5. The van der Waals surface area contributed by atoms with Crippen LogP contribution in [-0.4, -0.2) is 47.6 Å². The molecule has 1 rings (SSSR count). The first-order chi connectivity index (χ1) is 9.42. The number of esters is 1. The van der Waals surface area contributed by atoms with Crippen molar-refractivity contribution in [3.05, 3.63) is 34.9 Å². The quantitative estimate of drug-likeness (QED) is 0.585. The highest BCUT2D eigenvalue weighted by Gasteiger charge is 2.14. The molecule has 1 aromatic rings. The first kappa shape index (κ1) is 16.6. The number of carbonyl (C=O) groups excluding carboxylic acids is 1. The average Bonchev–Trinajstić information content (AvgIpc) is 2.37. The number of rotatable bonds is 7. The van der Waals surface area contributed by atoms with Crippen LogP contribution in [0, 0.1) is 13.8 Å². The van der Waals surface area contributed by atoms with Crippen molar-refractivity contribution < 1.29 is 19.8 Å². The predicted octanol–water partition coefficient (Wildman–Crippen LogP) is 1.46. The maximum Gasteiger partial charge on any atom is 0.308 e. The molecule has 0 amide bonds. The second-order valence-electron chi connectivity index (χ2n) is 5.03. The van der Waals surface area contributed by atoms with Gasteiger partial charge in [0.2, 0.25) is 0 Å². The Balaban J connectivity index is 2.39. The van der Waals surface area contributed by atoms with Crippen LogP contribution < -0.4 is 0 Å². The van der Waals surface area contributed by atoms with Crippen LogP contribution in [0.2, 0.25) is 0 Å². The minimum absolute atomic E-state index is 0.0278. The van der Waals surface area contributed by atoms with Gasteiger partial charge in [-0.2, -0.15) is 5.06 Å². The van der Waals surface area contributed by atoms with E-state index in [1.54, 1.807) is 0 Å². The summed E-state index contributed by atoms with van der Waals surface area (Å²) in [5.74, 6) is -0.486. The Hall–Kier alpha value is -1.43. The van der Waals surface area contributed by atoms with E-state index in [1.165, 1.54) is 18.2 Å². The summed E-state index contributed by atoms with van der Waals surface area (Å²) in [6.07, 6.45) is -0.350. The Bertz CT molecular complexity index is 447. The van der Waals surface area contributed by atoms with E-state index in [0.717, 1.165) is 10.6 Å². The highest BCUT2D eigenvalue weighted by molar-refractivity contribution is 5.69. The van der Waals surface area contributed by atoms with Crippen LogP contribution in [0.25, 0.3) is 0 Å². The Kier molecular flexibility index (Phi) is 6.64. The number of aliphatic hydroxyl groups excluding tert-OH is 1. The van der Waals surface area contributed by atoms with Crippen LogP contribution in [0.5, 0.6) is 0 Å². The molecule has 1 unspecified atom stereocenters. The van der Waals surface area contributed by atoms with Crippen molar-refractivity contribution >= 4 is 5.97 Å². The van der Waals surface area contributed by atoms with Gasteiger partial charge < -0.3 is 15.1 Å². The molecule has 0 saturated heterocycles. The van der Waals surface area contributed by atoms with Gasteiger partial charge in [-0.15, -0.1) is 0 Å². The van der Waals surface area contributed by atoms with Crippen molar-refractivity contribution in [2.75, 3.05) is 20.2 Å². The van der Waals surface area contributed by atoms with Gasteiger partial charge in [0.05, 0.1) is 26.2 Å². The van der Waals surface area contributed by atoms with E-state index in [0.29, 0.717) is 13.0 Å². The van der Waals surface area contributed by atoms with Crippen molar-refractivity contribution in [3.63, 3.8) is 0 Å². The van der Waals surface area contributed by atoms with E-state index in [-0.39, 0.29) is 13.0 Å². The lowest BCUT2D eigenvalue weighted by molar-refractivity contribution is -0.146. The standard InChI is InChI=1S/C15H23NO4/c1-11-4-5-13(12(2)8-11)6-7-16(19)10-14(17)9-15(18)20-3/h4-5,8,14,17,19H,6-7,9-10H2,1-3H3. The van der Waals surface area contributed by atoms with Gasteiger partial charge in [-0.05, 0) is 31.4 Å². The fraction of sp³-hybridized carbons (Fsp3) is 0.533. The number of hydrogen-bond acceptors (Lipinski definition) is 5. The second kappa shape index (κ2) is 7.99. The third kappa shape index (κ3) is 5.69. The Morgan fingerprint density at radius 2 is 2.10 bits per heavy atom. The van der Waals surface area contributed by atoms with Gasteiger partial charge in [0, 0.05) is 6.54 Å². The third-order valence-electron chi connectivity index (χ3n) is 3.19. The molecule has 0 fully saturated rings. The molecule has 5 heteroatoms. The summed E-state index contributed by atoms with van der Waals surface area (Å²) in [5.41, 5.74) is 3.56. The molecule has 0 heterocycles. The fourth-order valence-electron chi connectivity index (χ4n) is 2.05. The molecule has 0 aromatic heterocycles. The Morgan fingerprint density at radius 3 is 2.70 bits per heavy atom. The monoisotopic (exact) mass is 281 g/mol. The highest BCUT2D eigenvalue weighted by Crippen LogP contribution is 2.11. The zero-order chi connectivity index (χ0) is 15.1. The van der Waals surface area contributed by atoms with E-state index in [9.17, 15) is 15.1 Å². The van der Waals surface area contributed by atoms with Gasteiger partial charge >= 0.3 is 5.97 Å². The normalized spacial score (nSPS) is 12.5. The first-order valence-electron chi connectivity index (χ1n) is 6.67. The van der Waals surface area contributed by atoms with Crippen LogP contribution in [-0.2, 0) is 16.0 Å². The fourth-order valence-corrected chi connectivity index (χ4v) is 2.05. The van der Waals surface area contributed by atoms with Gasteiger partial charge in [-0.1, -0.05) is 23.8 Å². The largest absolute Gasteiger partial charge is 0.469 e. The van der Waals surface area contributed by atoms with Gasteiger partial charge in [0.25, 0.3) is 0 Å². The molecule has 1 atom stereocenters. The van der Waals surface area contributed by atoms with Crippen molar-refractivity contribution in [3.8, 4) is 0 Å². The van der Waals surface area contributed by atoms with Crippen LogP contribution in [0.3, 0.4) is 0 Å². The van der Waals surface area contributed by atoms with Gasteiger partial charge in [-0.25, -0.2) is 0 Å². The molecule has 5 nitrogen and oxygen atoms in total. The van der Waals surface area contributed by atoms with E-state index in [4.69, 9.17) is 0 Å². The number of methoxy groups -OCH3 is 1. The van der Waals surface area contributed by atoms with Crippen molar-refractivity contribution in [1.29, 1.82) is 0 Å². The number of nitrogens with zero attached hydrogens (tertiary/aromatic N) is 1. The maximum absolute atomic E-state index is 11.0. The van der Waals surface area contributed by atoms with Crippen LogP contribution >= 0.6 is 0 Å². The lowest BCUT2D eigenvalue weighted by atomic mass is 10.0. The second-order valence-corrected chi connectivity index (χ2v) is 5.03. The Morgan fingerprint density at radius 1 is 1.40 bits per heavy atom. The molecule has 112 valence electrons. The summed E-state index contributed by atoms with van der Waals surface area (Å²) in [6.45, 7) is 4.51. The molecule has 0 aliphatic heterocycles. The van der Waals surface area contributed by atoms with E-state index >= 15 is 0 Å². The summed E-state index contributed by atoms with van der Waals surface area (Å²) in [6, 6.07) is 6.18. The van der Waals surface area contributed by atoms with E-state index in [1.807, 2.05) is 26.0 Å². The molecule has 0 aliphatic carbocycles. The zero-order valence-corrected chi connectivity index (χ0v) is 12.3. The molecule has 0 spiro atoms. The number of aliphatic hydroxyl groups is 1. The first-order valence-corrected chi connectivity index (χ1v) is 6.67. The summed E-state index contributed by atoms with van der Waals surface area (Å²) in [4.78, 5) is 11.0. The maximum atomic E-state index is 11.0. The van der Waals surface area contributed by atoms with Crippen molar-refractivity contribution in [1.82, 2.24) is 5.06 Å². The number of carbonyl (C=O) groups is 1. The molecule has 0 aliphatic rings. The van der Waals surface area contributed by atoms with Crippen molar-refractivity contribution in [2.24, 2.45) is 0 Å². The minimum atomic E-state index is -0.924. The predicted molar refractivity (Wildman–Crippen MR) is 75.6 cm³/mol. The van der Waals surface area contributed by atoms with Gasteiger partial charge in [-0.3, -0.25) is 4.79 Å². The Labute approximate surface area is 119 Å². The number of hydrogen-bond donors (Lipinski definition) is 2. The lowest BCUT2D eigenvalue weighted by Gasteiger charge is -2.18. The number of aryl methyl sites for hydroxylation is 2. The van der Waals surface area contributed by atoms with E-state index in [2.05, 4.69) is 10.8 Å². The molecule has 0 saturated carbocycles. The van der Waals surface area contributed by atoms with Crippen LogP contribution in [0.1, 0.15) is 23.1 Å². The number of ether oxygens (including phenoxy) is 1. The molecule has 0 radical (unpaired) electrons. The molecule has 1 aromatic carbocycles. The smallest absolute Gasteiger partial charge is 0.308 e. The SMILES string of the molecule is COC(=O)CC(O)CN(O)CCc1ccc(C)cc1C. The zero-order valence-electron chi connectivity index (χ0n) is 12.3. The van der Waals surface area contributed by atoms with Crippen molar-refractivity contribution in [2.45, 2.75) is 32.8 Å². The minimum Gasteiger partial charge on any atom is -0.469 e. The lowest BCUT2D eigenvalue weighted by Crippen LogP contribution is -2.33. The van der Waals surface area contributed by atoms with Gasteiger partial charge in [0.15, 0.2) is 0 Å². The molecule has 20 heavy (non-hydrogen) atoms. The molecule has 0 bridgehead atoms. The summed E-state index contributed by atoms with van der Waals surface area (Å²) in [5, 5.41) is 20.4. The molecular weight excluding hydrogens is 258 g/mol. The summed E-state index contributed by atoms with van der Waals surface area (Å²) < 4.78 is 4.46. The molecular formula is C15H23NO4.